The molecule has 3 aromatic heterocycles. The van der Waals surface area contributed by atoms with Crippen molar-refractivity contribution in [2.24, 2.45) is 0 Å². The van der Waals surface area contributed by atoms with Gasteiger partial charge in [0.25, 0.3) is 6.33 Å². The minimum absolute atomic E-state index is 0.0559. The Bertz CT molecular complexity index is 4410. The molecule has 9 aromatic carbocycles. The van der Waals surface area contributed by atoms with Gasteiger partial charge < -0.3 is 4.74 Å². The summed E-state index contributed by atoms with van der Waals surface area (Å²) in [5.74, 6) is 2.25. The normalized spacial score (nSPS) is 19.2. The van der Waals surface area contributed by atoms with E-state index in [4.69, 9.17) is 16.6 Å². The number of nitrogens with zero attached hydrogens (tertiary/aromatic N) is 4. The summed E-state index contributed by atoms with van der Waals surface area (Å²) in [7, 11) is 0. The molecular formula is C68H51N4O+. The van der Waals surface area contributed by atoms with E-state index in [1.807, 2.05) is 54.7 Å². The van der Waals surface area contributed by atoms with E-state index >= 15 is 0 Å². The van der Waals surface area contributed by atoms with E-state index < -0.39 is 11.6 Å². The van der Waals surface area contributed by atoms with E-state index in [0.29, 0.717) is 17.1 Å². The highest BCUT2D eigenvalue weighted by atomic mass is 16.5. The third-order valence-electron chi connectivity index (χ3n) is 16.2. The number of aromatic nitrogens is 4. The van der Waals surface area contributed by atoms with Crippen molar-refractivity contribution in [2.75, 3.05) is 0 Å². The van der Waals surface area contributed by atoms with Gasteiger partial charge in [-0.2, -0.15) is 4.57 Å². The second kappa shape index (κ2) is 15.6. The number of fused-ring (bicyclic) bond motifs is 4. The van der Waals surface area contributed by atoms with Crippen LogP contribution in [0.2, 0.25) is 0 Å². The van der Waals surface area contributed by atoms with E-state index in [0.717, 1.165) is 49.9 Å². The monoisotopic (exact) mass is 944 g/mol. The number of imidazole rings is 1. The van der Waals surface area contributed by atoms with Gasteiger partial charge in [-0.25, -0.2) is 9.55 Å². The first-order valence-electron chi connectivity index (χ1n) is 27.7. The fourth-order valence-corrected chi connectivity index (χ4v) is 13.2. The van der Waals surface area contributed by atoms with Gasteiger partial charge in [0.2, 0.25) is 0 Å². The van der Waals surface area contributed by atoms with Gasteiger partial charge in [0.1, 0.15) is 23.0 Å². The Balaban J connectivity index is 0.899. The van der Waals surface area contributed by atoms with Crippen molar-refractivity contribution >= 4 is 32.8 Å². The van der Waals surface area contributed by atoms with Gasteiger partial charge in [-0.15, -0.1) is 0 Å². The van der Waals surface area contributed by atoms with Crippen molar-refractivity contribution in [3.05, 3.63) is 287 Å². The first-order valence-corrected chi connectivity index (χ1v) is 25.2. The maximum atomic E-state index is 8.80. The predicted octanol–water partition coefficient (Wildman–Crippen LogP) is 15.7. The second-order valence-corrected chi connectivity index (χ2v) is 20.9. The molecule has 348 valence electrons. The number of rotatable bonds is 6. The van der Waals surface area contributed by atoms with E-state index in [1.54, 1.807) is 0 Å². The molecule has 0 aliphatic heterocycles. The SMILES string of the molecule is [2H]c1c([2H])c([2H])c(-c2ccc3c(c2)c2ccc(Oc4cccc(-n5c[n+](C67c8ccccc8C(c8ccccc86)C6c8ccccc8C7c7ccccc76)c6ccccc65)c4)cc2n3-c2cc(C(C)(C)C)ccn2)c([2H])c1[2H]. The number of pyridine rings is 1. The minimum atomic E-state index is -0.690. The summed E-state index contributed by atoms with van der Waals surface area (Å²) in [4.78, 5) is 4.93. The van der Waals surface area contributed by atoms with Crippen LogP contribution in [0.5, 0.6) is 11.5 Å². The molecule has 73 heavy (non-hydrogen) atoms. The molecule has 5 nitrogen and oxygen atoms in total. The maximum Gasteiger partial charge on any atom is 0.251 e. The van der Waals surface area contributed by atoms with E-state index in [1.165, 1.54) is 44.5 Å². The molecule has 0 saturated heterocycles. The Morgan fingerprint density at radius 2 is 1.18 bits per heavy atom. The van der Waals surface area contributed by atoms with Crippen LogP contribution in [0.1, 0.15) is 95.4 Å². The minimum Gasteiger partial charge on any atom is -0.457 e. The lowest BCUT2D eigenvalue weighted by atomic mass is 9.50. The third-order valence-corrected chi connectivity index (χ3v) is 16.2. The van der Waals surface area contributed by atoms with Crippen molar-refractivity contribution in [3.8, 4) is 34.1 Å². The van der Waals surface area contributed by atoms with Crippen LogP contribution >= 0.6 is 0 Å². The van der Waals surface area contributed by atoms with Crippen molar-refractivity contribution in [2.45, 2.75) is 49.5 Å². The molecule has 6 aliphatic carbocycles. The average molecular weight is 945 g/mol. The molecule has 0 N–H and O–H groups in total. The topological polar surface area (TPSA) is 35.9 Å². The predicted molar refractivity (Wildman–Crippen MR) is 294 cm³/mol. The van der Waals surface area contributed by atoms with E-state index in [-0.39, 0.29) is 52.9 Å². The maximum absolute atomic E-state index is 8.80. The van der Waals surface area contributed by atoms with Gasteiger partial charge in [0.05, 0.1) is 23.8 Å². The van der Waals surface area contributed by atoms with Gasteiger partial charge in [-0.3, -0.25) is 4.57 Å². The Kier molecular flexibility index (Phi) is 7.92. The number of hydrogen-bond donors (Lipinski definition) is 0. The van der Waals surface area contributed by atoms with Crippen LogP contribution in [-0.4, -0.2) is 14.1 Å². The molecule has 0 saturated carbocycles. The van der Waals surface area contributed by atoms with Crippen molar-refractivity contribution in [3.63, 3.8) is 0 Å². The lowest BCUT2D eigenvalue weighted by Gasteiger charge is -2.54. The van der Waals surface area contributed by atoms with Gasteiger partial charge in [0.15, 0.2) is 16.6 Å². The zero-order valence-electron chi connectivity index (χ0n) is 45.6. The van der Waals surface area contributed by atoms with E-state index in [9.17, 15) is 0 Å². The molecule has 0 radical (unpaired) electrons. The molecular weight excluding hydrogens is 889 g/mol. The standard InChI is InChI=1S/C68H51N4O/c1-67(2,3)45-36-37-69-63(39-45)72-59-35-32-44(43-18-5-4-6-19-43)38-56(59)49-34-33-48(41-62(49)72)73-47-21-17-20-46(40-47)70-42-71(61-31-16-15-30-60(61)70)68-57-28-13-11-26-54(57)65(55-27-12-14-29-58(55)68)64-50-22-7-9-24-52(50)66(68)53-25-10-8-23-51(53)64/h4-42,64-66H,1-3H3/q+1/i4D,5D,6D,18D,19D. The average Bonchev–Trinajstić information content (AvgIpc) is 1.91. The van der Waals surface area contributed by atoms with Gasteiger partial charge in [-0.05, 0) is 116 Å². The fraction of sp³-hybridized carbons (Fsp3) is 0.118. The summed E-state index contributed by atoms with van der Waals surface area (Å²) in [6, 6.07) is 68.3. The highest BCUT2D eigenvalue weighted by Crippen LogP contribution is 2.65. The lowest BCUT2D eigenvalue weighted by Crippen LogP contribution is -2.64. The molecule has 4 bridgehead atoms. The smallest absolute Gasteiger partial charge is 0.251 e. The summed E-state index contributed by atoms with van der Waals surface area (Å²) in [5, 5.41) is 1.75. The van der Waals surface area contributed by atoms with Crippen molar-refractivity contribution in [1.29, 1.82) is 0 Å². The van der Waals surface area contributed by atoms with Crippen LogP contribution in [0.4, 0.5) is 0 Å². The van der Waals surface area contributed by atoms with Crippen LogP contribution in [0.3, 0.4) is 0 Å². The highest BCUT2D eigenvalue weighted by Gasteiger charge is 2.61. The summed E-state index contributed by atoms with van der Waals surface area (Å²) in [5.41, 5.74) is 16.8. The highest BCUT2D eigenvalue weighted by molar-refractivity contribution is 6.10. The number of para-hydroxylation sites is 2. The third kappa shape index (κ3) is 6.03. The number of ether oxygens (including phenoxy) is 1. The summed E-state index contributed by atoms with van der Waals surface area (Å²) in [6.45, 7) is 6.55. The summed E-state index contributed by atoms with van der Waals surface area (Å²) in [6.07, 6.45) is 4.18. The molecule has 5 heteroatoms. The number of benzene rings is 9. The quantitative estimate of drug-likeness (QED) is 0.156. The Labute approximate surface area is 431 Å². The van der Waals surface area contributed by atoms with Crippen LogP contribution in [-0.2, 0) is 11.0 Å². The Morgan fingerprint density at radius 1 is 0.534 bits per heavy atom. The van der Waals surface area contributed by atoms with Crippen molar-refractivity contribution in [1.82, 2.24) is 14.1 Å². The Morgan fingerprint density at radius 3 is 1.90 bits per heavy atom. The first-order chi connectivity index (χ1) is 37.9. The van der Waals surface area contributed by atoms with Gasteiger partial charge in [-0.1, -0.05) is 172 Å². The molecule has 0 amide bonds. The molecule has 18 rings (SSSR count). The summed E-state index contributed by atoms with van der Waals surface area (Å²) < 4.78 is 56.7. The van der Waals surface area contributed by atoms with E-state index in [2.05, 4.69) is 186 Å². The second-order valence-electron chi connectivity index (χ2n) is 20.9. The zero-order valence-corrected chi connectivity index (χ0v) is 40.6. The van der Waals surface area contributed by atoms with Gasteiger partial charge in [0, 0.05) is 52.1 Å². The lowest BCUT2D eigenvalue weighted by molar-refractivity contribution is -0.724. The first kappa shape index (κ1) is 37.0. The summed E-state index contributed by atoms with van der Waals surface area (Å²) >= 11 is 0. The molecule has 0 atom stereocenters. The van der Waals surface area contributed by atoms with Crippen LogP contribution in [0.15, 0.2) is 237 Å². The zero-order chi connectivity index (χ0) is 52.9. The fourth-order valence-electron chi connectivity index (χ4n) is 13.2. The molecule has 3 heterocycles. The molecule has 12 aromatic rings. The largest absolute Gasteiger partial charge is 0.457 e. The molecule has 0 fully saturated rings. The van der Waals surface area contributed by atoms with Crippen LogP contribution in [0, 0.1) is 0 Å². The Hall–Kier alpha value is -8.80. The molecule has 0 spiro atoms. The van der Waals surface area contributed by atoms with Crippen LogP contribution in [0.25, 0.3) is 55.5 Å². The van der Waals surface area contributed by atoms with Gasteiger partial charge >= 0.3 is 0 Å². The molecule has 0 unspecified atom stereocenters. The van der Waals surface area contributed by atoms with Crippen LogP contribution < -0.4 is 9.30 Å². The molecule has 6 aliphatic rings. The number of hydrogen-bond acceptors (Lipinski definition) is 2. The van der Waals surface area contributed by atoms with Crippen molar-refractivity contribution < 1.29 is 16.2 Å².